The molecule has 0 bridgehead atoms. The highest BCUT2D eigenvalue weighted by atomic mass is 19.1. The van der Waals surface area contributed by atoms with Crippen LogP contribution < -0.4 is 0 Å². The summed E-state index contributed by atoms with van der Waals surface area (Å²) in [5.74, 6) is -2.26. The number of ether oxygens (including phenoxy) is 2. The van der Waals surface area contributed by atoms with Crippen LogP contribution in [0.4, 0.5) is 4.39 Å². The molecule has 0 saturated carbocycles. The quantitative estimate of drug-likeness (QED) is 0.742. The standard InChI is InChI=1S/C22H20FNO4/c1-27-21(25)18-13-24(12-15-6-4-3-5-7-15)14-19(22(26)28-2)20(18)16-8-10-17(23)11-9-16/h3-11,13-14,20H,12H2,1-2H3. The Bertz CT molecular complexity index is 885. The highest BCUT2D eigenvalue weighted by Crippen LogP contribution is 2.37. The van der Waals surface area contributed by atoms with Gasteiger partial charge in [0.25, 0.3) is 0 Å². The van der Waals surface area contributed by atoms with Gasteiger partial charge in [-0.2, -0.15) is 0 Å². The Morgan fingerprint density at radius 3 is 1.93 bits per heavy atom. The number of benzene rings is 2. The van der Waals surface area contributed by atoms with Gasteiger partial charge in [-0.25, -0.2) is 14.0 Å². The number of nitrogens with zero attached hydrogens (tertiary/aromatic N) is 1. The fraction of sp³-hybridized carbons (Fsp3) is 0.182. The molecule has 2 aromatic carbocycles. The molecule has 1 heterocycles. The van der Waals surface area contributed by atoms with Crippen molar-refractivity contribution in [3.8, 4) is 0 Å². The first-order valence-corrected chi connectivity index (χ1v) is 8.68. The molecule has 0 spiro atoms. The maximum Gasteiger partial charge on any atom is 0.336 e. The van der Waals surface area contributed by atoms with E-state index in [4.69, 9.17) is 9.47 Å². The van der Waals surface area contributed by atoms with Crippen LogP contribution in [0.2, 0.25) is 0 Å². The number of halogens is 1. The number of hydrogen-bond acceptors (Lipinski definition) is 5. The van der Waals surface area contributed by atoms with Crippen molar-refractivity contribution in [1.82, 2.24) is 4.90 Å². The zero-order valence-corrected chi connectivity index (χ0v) is 15.6. The highest BCUT2D eigenvalue weighted by Gasteiger charge is 2.35. The van der Waals surface area contributed by atoms with Crippen molar-refractivity contribution in [2.75, 3.05) is 14.2 Å². The summed E-state index contributed by atoms with van der Waals surface area (Å²) in [6.45, 7) is 0.456. The lowest BCUT2D eigenvalue weighted by atomic mass is 9.83. The fourth-order valence-corrected chi connectivity index (χ4v) is 3.19. The van der Waals surface area contributed by atoms with Crippen LogP contribution in [0, 0.1) is 5.82 Å². The van der Waals surface area contributed by atoms with Gasteiger partial charge in [-0.05, 0) is 23.3 Å². The lowest BCUT2D eigenvalue weighted by Gasteiger charge is -2.30. The summed E-state index contributed by atoms with van der Waals surface area (Å²) in [5, 5.41) is 0. The lowest BCUT2D eigenvalue weighted by Crippen LogP contribution is -2.28. The van der Waals surface area contributed by atoms with Crippen LogP contribution in [0.1, 0.15) is 17.0 Å². The van der Waals surface area contributed by atoms with E-state index < -0.39 is 23.7 Å². The van der Waals surface area contributed by atoms with Gasteiger partial charge in [0.2, 0.25) is 0 Å². The van der Waals surface area contributed by atoms with E-state index in [2.05, 4.69) is 0 Å². The van der Waals surface area contributed by atoms with E-state index in [1.807, 2.05) is 30.3 Å². The van der Waals surface area contributed by atoms with Crippen molar-refractivity contribution in [2.45, 2.75) is 12.5 Å². The molecule has 0 amide bonds. The highest BCUT2D eigenvalue weighted by molar-refractivity contribution is 5.98. The first-order valence-electron chi connectivity index (χ1n) is 8.68. The van der Waals surface area contributed by atoms with Crippen LogP contribution in [0.3, 0.4) is 0 Å². The minimum absolute atomic E-state index is 0.271. The second-order valence-corrected chi connectivity index (χ2v) is 6.29. The maximum absolute atomic E-state index is 13.4. The Morgan fingerprint density at radius 1 is 0.893 bits per heavy atom. The Hall–Kier alpha value is -3.41. The summed E-state index contributed by atoms with van der Waals surface area (Å²) >= 11 is 0. The van der Waals surface area contributed by atoms with Gasteiger partial charge in [-0.15, -0.1) is 0 Å². The summed E-state index contributed by atoms with van der Waals surface area (Å²) < 4.78 is 23.3. The zero-order valence-electron chi connectivity index (χ0n) is 15.6. The third kappa shape index (κ3) is 4.11. The van der Waals surface area contributed by atoms with Crippen LogP contribution in [0.5, 0.6) is 0 Å². The summed E-state index contributed by atoms with van der Waals surface area (Å²) in [6, 6.07) is 15.3. The Labute approximate surface area is 162 Å². The molecule has 0 N–H and O–H groups in total. The summed E-state index contributed by atoms with van der Waals surface area (Å²) in [6.07, 6.45) is 3.30. The van der Waals surface area contributed by atoms with E-state index in [1.54, 1.807) is 29.4 Å². The number of methoxy groups -OCH3 is 2. The predicted molar refractivity (Wildman–Crippen MR) is 101 cm³/mol. The molecule has 1 aliphatic heterocycles. The number of carbonyl (C=O) groups excluding carboxylic acids is 2. The molecule has 28 heavy (non-hydrogen) atoms. The molecular weight excluding hydrogens is 361 g/mol. The second-order valence-electron chi connectivity index (χ2n) is 6.29. The molecule has 144 valence electrons. The maximum atomic E-state index is 13.4. The van der Waals surface area contributed by atoms with E-state index in [-0.39, 0.29) is 11.1 Å². The van der Waals surface area contributed by atoms with Crippen molar-refractivity contribution in [1.29, 1.82) is 0 Å². The van der Waals surface area contributed by atoms with E-state index in [0.717, 1.165) is 5.56 Å². The molecule has 0 unspecified atom stereocenters. The molecule has 0 aliphatic carbocycles. The zero-order chi connectivity index (χ0) is 20.1. The van der Waals surface area contributed by atoms with Gasteiger partial charge in [-0.1, -0.05) is 42.5 Å². The van der Waals surface area contributed by atoms with Gasteiger partial charge in [0.1, 0.15) is 5.82 Å². The monoisotopic (exact) mass is 381 g/mol. The van der Waals surface area contributed by atoms with Gasteiger partial charge in [0.15, 0.2) is 0 Å². The average molecular weight is 381 g/mol. The van der Waals surface area contributed by atoms with E-state index in [1.165, 1.54) is 26.4 Å². The van der Waals surface area contributed by atoms with Gasteiger partial charge in [0, 0.05) is 18.9 Å². The Balaban J connectivity index is 2.07. The molecule has 2 aromatic rings. The number of esters is 2. The van der Waals surface area contributed by atoms with E-state index >= 15 is 0 Å². The van der Waals surface area contributed by atoms with Crippen molar-refractivity contribution < 1.29 is 23.5 Å². The molecule has 1 aliphatic rings. The first kappa shape index (κ1) is 19.4. The van der Waals surface area contributed by atoms with Gasteiger partial charge in [-0.3, -0.25) is 0 Å². The number of carbonyl (C=O) groups is 2. The average Bonchev–Trinajstić information content (AvgIpc) is 2.73. The third-order valence-electron chi connectivity index (χ3n) is 4.49. The van der Waals surface area contributed by atoms with Crippen LogP contribution in [-0.2, 0) is 25.6 Å². The predicted octanol–water partition coefficient (Wildman–Crippen LogP) is 3.54. The normalized spacial score (nSPS) is 14.2. The van der Waals surface area contributed by atoms with Crippen LogP contribution >= 0.6 is 0 Å². The largest absolute Gasteiger partial charge is 0.466 e. The van der Waals surface area contributed by atoms with Crippen molar-refractivity contribution in [2.24, 2.45) is 0 Å². The number of hydrogen-bond donors (Lipinski definition) is 0. The molecule has 0 aromatic heterocycles. The van der Waals surface area contributed by atoms with Gasteiger partial charge >= 0.3 is 11.9 Å². The summed E-state index contributed by atoms with van der Waals surface area (Å²) in [4.78, 5) is 26.7. The minimum atomic E-state index is -0.715. The smallest absolute Gasteiger partial charge is 0.336 e. The van der Waals surface area contributed by atoms with Gasteiger partial charge < -0.3 is 14.4 Å². The minimum Gasteiger partial charge on any atom is -0.466 e. The third-order valence-corrected chi connectivity index (χ3v) is 4.49. The molecule has 0 radical (unpaired) electrons. The van der Waals surface area contributed by atoms with Crippen molar-refractivity contribution >= 4 is 11.9 Å². The van der Waals surface area contributed by atoms with Crippen LogP contribution in [0.25, 0.3) is 0 Å². The molecule has 0 fully saturated rings. The van der Waals surface area contributed by atoms with E-state index in [9.17, 15) is 14.0 Å². The molecule has 3 rings (SSSR count). The first-order chi connectivity index (χ1) is 13.5. The second kappa shape index (κ2) is 8.52. The Morgan fingerprint density at radius 2 is 1.43 bits per heavy atom. The van der Waals surface area contributed by atoms with Crippen molar-refractivity contribution in [3.05, 3.63) is 95.1 Å². The molecular formula is C22H20FNO4. The van der Waals surface area contributed by atoms with Gasteiger partial charge in [0.05, 0.1) is 31.3 Å². The molecule has 0 atom stereocenters. The SMILES string of the molecule is COC(=O)C1=CN(Cc2ccccc2)C=C(C(=O)OC)C1c1ccc(F)cc1. The Kier molecular flexibility index (Phi) is 5.89. The summed E-state index contributed by atoms with van der Waals surface area (Å²) in [5.41, 5.74) is 2.14. The van der Waals surface area contributed by atoms with Crippen LogP contribution in [0.15, 0.2) is 78.1 Å². The topological polar surface area (TPSA) is 55.8 Å². The summed E-state index contributed by atoms with van der Waals surface area (Å²) in [7, 11) is 2.56. The van der Waals surface area contributed by atoms with E-state index in [0.29, 0.717) is 12.1 Å². The molecule has 0 saturated heterocycles. The lowest BCUT2D eigenvalue weighted by molar-refractivity contribution is -0.137. The molecule has 5 nitrogen and oxygen atoms in total. The van der Waals surface area contributed by atoms with Crippen molar-refractivity contribution in [3.63, 3.8) is 0 Å². The van der Waals surface area contributed by atoms with Crippen LogP contribution in [-0.4, -0.2) is 31.1 Å². The molecule has 6 heteroatoms. The number of rotatable bonds is 5. The fourth-order valence-electron chi connectivity index (χ4n) is 3.19.